The number of aryl methyl sites for hydroxylation is 2. The van der Waals surface area contributed by atoms with E-state index in [2.05, 4.69) is 15.1 Å². The summed E-state index contributed by atoms with van der Waals surface area (Å²) in [6.45, 7) is 2.72. The van der Waals surface area contributed by atoms with Gasteiger partial charge in [0.05, 0.1) is 10.6 Å². The summed E-state index contributed by atoms with van der Waals surface area (Å²) in [4.78, 5) is 0.275. The fraction of sp³-hybridized carbons (Fsp3) is 0.357. The summed E-state index contributed by atoms with van der Waals surface area (Å²) in [6.07, 6.45) is 1.81. The topological polar surface area (TPSA) is 76.0 Å². The van der Waals surface area contributed by atoms with Crippen molar-refractivity contribution < 1.29 is 8.42 Å². The van der Waals surface area contributed by atoms with Gasteiger partial charge in [-0.25, -0.2) is 13.1 Å². The molecule has 0 aliphatic heterocycles. The Morgan fingerprint density at radius 1 is 1.29 bits per heavy atom. The molecule has 0 unspecified atom stereocenters. The summed E-state index contributed by atoms with van der Waals surface area (Å²) in [5.74, 6) is 0. The Labute approximate surface area is 125 Å². The molecule has 0 spiro atoms. The van der Waals surface area contributed by atoms with Gasteiger partial charge in [0.1, 0.15) is 0 Å². The van der Waals surface area contributed by atoms with Gasteiger partial charge < -0.3 is 5.32 Å². The van der Waals surface area contributed by atoms with Gasteiger partial charge in [0.15, 0.2) is 0 Å². The Balaban J connectivity index is 2.14. The van der Waals surface area contributed by atoms with Crippen LogP contribution in [-0.2, 0) is 30.2 Å². The van der Waals surface area contributed by atoms with E-state index in [0.29, 0.717) is 6.54 Å². The first kappa shape index (κ1) is 15.7. The maximum atomic E-state index is 12.3. The minimum Gasteiger partial charge on any atom is -0.316 e. The molecule has 0 saturated carbocycles. The first-order valence-corrected chi connectivity index (χ1v) is 8.13. The molecule has 1 aromatic carbocycles. The van der Waals surface area contributed by atoms with Crippen LogP contribution < -0.4 is 10.0 Å². The van der Waals surface area contributed by atoms with Crippen LogP contribution in [0.5, 0.6) is 0 Å². The molecule has 2 aromatic rings. The molecule has 1 aromatic heterocycles. The third-order valence-electron chi connectivity index (χ3n) is 3.16. The van der Waals surface area contributed by atoms with Gasteiger partial charge in [-0.1, -0.05) is 12.1 Å². The fourth-order valence-electron chi connectivity index (χ4n) is 2.11. The average Bonchev–Trinajstić information content (AvgIpc) is 2.76. The molecule has 0 amide bonds. The Hall–Kier alpha value is -1.70. The number of hydrogen-bond donors (Lipinski definition) is 2. The molecule has 7 heteroatoms. The zero-order valence-corrected chi connectivity index (χ0v) is 13.2. The molecule has 0 bridgehead atoms. The molecule has 2 rings (SSSR count). The highest BCUT2D eigenvalue weighted by Gasteiger charge is 2.15. The number of nitrogens with one attached hydrogen (secondary N) is 2. The van der Waals surface area contributed by atoms with Crippen molar-refractivity contribution in [2.45, 2.75) is 24.9 Å². The largest absolute Gasteiger partial charge is 0.316 e. The van der Waals surface area contributed by atoms with E-state index in [1.807, 2.05) is 33.3 Å². The Bertz CT molecular complexity index is 722. The quantitative estimate of drug-likeness (QED) is 0.832. The molecular weight excluding hydrogens is 288 g/mol. The zero-order valence-electron chi connectivity index (χ0n) is 12.4. The van der Waals surface area contributed by atoms with E-state index in [1.54, 1.807) is 22.9 Å². The summed E-state index contributed by atoms with van der Waals surface area (Å²) in [5.41, 5.74) is 2.62. The molecular formula is C14H20N4O2S. The van der Waals surface area contributed by atoms with Gasteiger partial charge in [-0.3, -0.25) is 4.68 Å². The number of aromatic nitrogens is 2. The van der Waals surface area contributed by atoms with E-state index < -0.39 is 10.0 Å². The van der Waals surface area contributed by atoms with Crippen LogP contribution in [0, 0.1) is 6.92 Å². The van der Waals surface area contributed by atoms with Crippen LogP contribution in [0.2, 0.25) is 0 Å². The number of rotatable bonds is 6. The second-order valence-corrected chi connectivity index (χ2v) is 6.68. The van der Waals surface area contributed by atoms with Crippen molar-refractivity contribution in [3.63, 3.8) is 0 Å². The highest BCUT2D eigenvalue weighted by Crippen LogP contribution is 2.13. The van der Waals surface area contributed by atoms with Crippen molar-refractivity contribution in [1.29, 1.82) is 0 Å². The van der Waals surface area contributed by atoms with Gasteiger partial charge in [-0.05, 0) is 31.7 Å². The second-order valence-electron chi connectivity index (χ2n) is 4.92. The third-order valence-corrected chi connectivity index (χ3v) is 4.56. The minimum absolute atomic E-state index is 0.234. The SMILES string of the molecule is CNCc1cccc(S(=O)(=O)NCc2cn(C)nc2C)c1. The molecule has 6 nitrogen and oxygen atoms in total. The highest BCUT2D eigenvalue weighted by molar-refractivity contribution is 7.89. The standard InChI is InChI=1S/C14H20N4O2S/c1-11-13(10-18(3)17-11)9-16-21(19,20)14-6-4-5-12(7-14)8-15-2/h4-7,10,15-16H,8-9H2,1-3H3. The van der Waals surface area contributed by atoms with Crippen LogP contribution >= 0.6 is 0 Å². The van der Waals surface area contributed by atoms with Crippen LogP contribution in [0.1, 0.15) is 16.8 Å². The second kappa shape index (κ2) is 6.38. The first-order chi connectivity index (χ1) is 9.92. The van der Waals surface area contributed by atoms with Crippen LogP contribution in [0.4, 0.5) is 0 Å². The molecule has 0 aliphatic carbocycles. The summed E-state index contributed by atoms with van der Waals surface area (Å²) < 4.78 is 28.9. The lowest BCUT2D eigenvalue weighted by molar-refractivity contribution is 0.581. The molecule has 0 atom stereocenters. The van der Waals surface area contributed by atoms with Gasteiger partial charge in [0.25, 0.3) is 0 Å². The molecule has 0 saturated heterocycles. The number of sulfonamides is 1. The number of benzene rings is 1. The van der Waals surface area contributed by atoms with Gasteiger partial charge >= 0.3 is 0 Å². The van der Waals surface area contributed by atoms with Crippen LogP contribution in [0.25, 0.3) is 0 Å². The van der Waals surface area contributed by atoms with Gasteiger partial charge in [-0.2, -0.15) is 5.10 Å². The van der Waals surface area contributed by atoms with Gasteiger partial charge in [0.2, 0.25) is 10.0 Å². The van der Waals surface area contributed by atoms with Crippen molar-refractivity contribution in [2.75, 3.05) is 7.05 Å². The number of hydrogen-bond acceptors (Lipinski definition) is 4. The van der Waals surface area contributed by atoms with E-state index in [9.17, 15) is 8.42 Å². The van der Waals surface area contributed by atoms with E-state index >= 15 is 0 Å². The molecule has 21 heavy (non-hydrogen) atoms. The van der Waals surface area contributed by atoms with Crippen molar-refractivity contribution in [3.8, 4) is 0 Å². The average molecular weight is 308 g/mol. The van der Waals surface area contributed by atoms with E-state index in [-0.39, 0.29) is 11.4 Å². The molecule has 0 fully saturated rings. The predicted molar refractivity (Wildman–Crippen MR) is 81.2 cm³/mol. The van der Waals surface area contributed by atoms with Crippen LogP contribution in [-0.4, -0.2) is 25.2 Å². The summed E-state index contributed by atoms with van der Waals surface area (Å²) in [7, 11) is 0.114. The molecule has 0 radical (unpaired) electrons. The molecule has 114 valence electrons. The minimum atomic E-state index is -3.52. The van der Waals surface area contributed by atoms with Crippen molar-refractivity contribution in [1.82, 2.24) is 19.8 Å². The maximum absolute atomic E-state index is 12.3. The summed E-state index contributed by atoms with van der Waals surface area (Å²) >= 11 is 0. The predicted octanol–water partition coefficient (Wildman–Crippen LogP) is 0.926. The monoisotopic (exact) mass is 308 g/mol. The van der Waals surface area contributed by atoms with Gasteiger partial charge in [-0.15, -0.1) is 0 Å². The summed E-state index contributed by atoms with van der Waals surface area (Å²) in [5, 5.41) is 7.20. The first-order valence-electron chi connectivity index (χ1n) is 6.64. The molecule has 0 aliphatic rings. The lowest BCUT2D eigenvalue weighted by Gasteiger charge is -2.08. The molecule has 1 heterocycles. The third kappa shape index (κ3) is 3.90. The van der Waals surface area contributed by atoms with Crippen molar-refractivity contribution in [3.05, 3.63) is 47.3 Å². The Kier molecular flexibility index (Phi) is 4.76. The van der Waals surface area contributed by atoms with E-state index in [4.69, 9.17) is 0 Å². The van der Waals surface area contributed by atoms with Crippen LogP contribution in [0.15, 0.2) is 35.4 Å². The Morgan fingerprint density at radius 2 is 2.05 bits per heavy atom. The van der Waals surface area contributed by atoms with E-state index in [0.717, 1.165) is 16.8 Å². The molecule has 2 N–H and O–H groups in total. The Morgan fingerprint density at radius 3 is 2.67 bits per heavy atom. The highest BCUT2D eigenvalue weighted by atomic mass is 32.2. The zero-order chi connectivity index (χ0) is 15.5. The smallest absolute Gasteiger partial charge is 0.240 e. The van der Waals surface area contributed by atoms with Gasteiger partial charge in [0, 0.05) is 31.9 Å². The van der Waals surface area contributed by atoms with Crippen molar-refractivity contribution >= 4 is 10.0 Å². The fourth-order valence-corrected chi connectivity index (χ4v) is 3.18. The summed E-state index contributed by atoms with van der Waals surface area (Å²) in [6, 6.07) is 6.91. The van der Waals surface area contributed by atoms with E-state index in [1.165, 1.54) is 0 Å². The number of nitrogens with zero attached hydrogens (tertiary/aromatic N) is 2. The lowest BCUT2D eigenvalue weighted by atomic mass is 10.2. The lowest BCUT2D eigenvalue weighted by Crippen LogP contribution is -2.23. The maximum Gasteiger partial charge on any atom is 0.240 e. The van der Waals surface area contributed by atoms with Crippen molar-refractivity contribution in [2.24, 2.45) is 7.05 Å². The normalized spacial score (nSPS) is 11.8. The van der Waals surface area contributed by atoms with Crippen LogP contribution in [0.3, 0.4) is 0 Å².